The minimum atomic E-state index is -0.702. The van der Waals surface area contributed by atoms with Gasteiger partial charge in [-0.05, 0) is 43.2 Å². The summed E-state index contributed by atoms with van der Waals surface area (Å²) in [7, 11) is 6.62. The second kappa shape index (κ2) is 20.5. The van der Waals surface area contributed by atoms with Gasteiger partial charge in [0, 0.05) is 34.4 Å². The minimum Gasteiger partial charge on any atom is -0.379 e. The van der Waals surface area contributed by atoms with E-state index in [4.69, 9.17) is 9.47 Å². The summed E-state index contributed by atoms with van der Waals surface area (Å²) in [5.74, 6) is -1.06. The van der Waals surface area contributed by atoms with E-state index in [2.05, 4.69) is 36.7 Å². The SMILES string of the molecule is CC[C@H](C)[C@@H]([C@@H](CC(=O)N1CC[C@@H](C)[C@H]1[C@H](OC)[C@@H](C)C(=O)NCCc1ccccc1)OC)N(C)C(=O)[C@@H](NC(=O)CNC)[C@@H](C)CC. The lowest BCUT2D eigenvalue weighted by molar-refractivity contribution is -0.148. The number of likely N-dealkylation sites (N-methyl/N-ethyl adjacent to an activating group) is 2. The largest absolute Gasteiger partial charge is 0.379 e. The van der Waals surface area contributed by atoms with Crippen LogP contribution in [0, 0.1) is 23.7 Å². The van der Waals surface area contributed by atoms with E-state index in [9.17, 15) is 19.2 Å². The second-order valence-electron chi connectivity index (χ2n) is 13.6. The normalized spacial score (nSPS) is 20.6. The molecule has 0 bridgehead atoms. The zero-order chi connectivity index (χ0) is 36.0. The highest BCUT2D eigenvalue weighted by molar-refractivity contribution is 5.89. The number of rotatable bonds is 20. The fourth-order valence-corrected chi connectivity index (χ4v) is 6.99. The van der Waals surface area contributed by atoms with Crippen molar-refractivity contribution in [3.05, 3.63) is 35.9 Å². The maximum atomic E-state index is 14.1. The van der Waals surface area contributed by atoms with Gasteiger partial charge in [-0.2, -0.15) is 0 Å². The highest BCUT2D eigenvalue weighted by atomic mass is 16.5. The van der Waals surface area contributed by atoms with E-state index in [1.165, 1.54) is 0 Å². The Kier molecular flexibility index (Phi) is 17.6. The third-order valence-electron chi connectivity index (χ3n) is 10.4. The lowest BCUT2D eigenvalue weighted by Crippen LogP contribution is -2.58. The van der Waals surface area contributed by atoms with Gasteiger partial charge in [0.15, 0.2) is 0 Å². The van der Waals surface area contributed by atoms with Crippen molar-refractivity contribution in [2.75, 3.05) is 47.9 Å². The van der Waals surface area contributed by atoms with E-state index in [-0.39, 0.29) is 60.4 Å². The Balaban J connectivity index is 2.24. The first-order valence-corrected chi connectivity index (χ1v) is 17.7. The zero-order valence-corrected chi connectivity index (χ0v) is 31.1. The molecule has 9 atom stereocenters. The molecule has 48 heavy (non-hydrogen) atoms. The number of methoxy groups -OCH3 is 2. The molecule has 2 rings (SSSR count). The van der Waals surface area contributed by atoms with Crippen LogP contribution in [0.3, 0.4) is 0 Å². The molecule has 0 saturated carbocycles. The summed E-state index contributed by atoms with van der Waals surface area (Å²) < 4.78 is 12.0. The molecular formula is C37H63N5O6. The van der Waals surface area contributed by atoms with Crippen molar-refractivity contribution in [3.63, 3.8) is 0 Å². The second-order valence-corrected chi connectivity index (χ2v) is 13.6. The molecule has 0 radical (unpaired) electrons. The van der Waals surface area contributed by atoms with Crippen molar-refractivity contribution in [3.8, 4) is 0 Å². The van der Waals surface area contributed by atoms with Crippen molar-refractivity contribution in [2.45, 2.75) is 104 Å². The van der Waals surface area contributed by atoms with Gasteiger partial charge in [-0.1, -0.05) is 84.7 Å². The van der Waals surface area contributed by atoms with Crippen molar-refractivity contribution in [1.29, 1.82) is 0 Å². The van der Waals surface area contributed by atoms with Crippen LogP contribution >= 0.6 is 0 Å². The quantitative estimate of drug-likeness (QED) is 0.194. The predicted octanol–water partition coefficient (Wildman–Crippen LogP) is 3.26. The molecule has 11 heteroatoms. The van der Waals surface area contributed by atoms with Crippen molar-refractivity contribution < 1.29 is 28.7 Å². The Hall–Kier alpha value is -3.02. The number of carbonyl (C=O) groups is 4. The van der Waals surface area contributed by atoms with Crippen LogP contribution in [0.5, 0.6) is 0 Å². The van der Waals surface area contributed by atoms with Gasteiger partial charge in [-0.15, -0.1) is 0 Å². The number of nitrogens with zero attached hydrogens (tertiary/aromatic N) is 2. The molecule has 1 fully saturated rings. The van der Waals surface area contributed by atoms with Crippen LogP contribution in [0.1, 0.15) is 72.8 Å². The summed E-state index contributed by atoms with van der Waals surface area (Å²) in [5, 5.41) is 8.82. The van der Waals surface area contributed by atoms with Crippen LogP contribution in [-0.4, -0.2) is 112 Å². The molecule has 0 aliphatic carbocycles. The van der Waals surface area contributed by atoms with Crippen LogP contribution in [0.25, 0.3) is 0 Å². The smallest absolute Gasteiger partial charge is 0.245 e. The summed E-state index contributed by atoms with van der Waals surface area (Å²) in [6, 6.07) is 8.62. The topological polar surface area (TPSA) is 129 Å². The van der Waals surface area contributed by atoms with E-state index in [0.29, 0.717) is 19.5 Å². The summed E-state index contributed by atoms with van der Waals surface area (Å²) >= 11 is 0. The van der Waals surface area contributed by atoms with Gasteiger partial charge in [-0.3, -0.25) is 19.2 Å². The summed E-state index contributed by atoms with van der Waals surface area (Å²) in [6.45, 7) is 13.2. The first-order chi connectivity index (χ1) is 22.9. The third-order valence-corrected chi connectivity index (χ3v) is 10.4. The number of amides is 4. The first kappa shape index (κ1) is 41.2. The van der Waals surface area contributed by atoms with Crippen LogP contribution < -0.4 is 16.0 Å². The van der Waals surface area contributed by atoms with Gasteiger partial charge in [0.2, 0.25) is 23.6 Å². The van der Waals surface area contributed by atoms with E-state index in [0.717, 1.165) is 24.8 Å². The minimum absolute atomic E-state index is 0.0157. The highest BCUT2D eigenvalue weighted by Gasteiger charge is 2.45. The van der Waals surface area contributed by atoms with Crippen LogP contribution in [0.15, 0.2) is 30.3 Å². The Morgan fingerprint density at radius 3 is 2.21 bits per heavy atom. The Morgan fingerprint density at radius 2 is 1.65 bits per heavy atom. The number of benzene rings is 1. The van der Waals surface area contributed by atoms with E-state index >= 15 is 0 Å². The molecule has 1 aliphatic heterocycles. The molecule has 1 aromatic carbocycles. The summed E-state index contributed by atoms with van der Waals surface area (Å²) in [6.07, 6.45) is 2.01. The van der Waals surface area contributed by atoms with Crippen LogP contribution in [-0.2, 0) is 35.1 Å². The number of nitrogens with one attached hydrogen (secondary N) is 3. The monoisotopic (exact) mass is 673 g/mol. The molecule has 11 nitrogen and oxygen atoms in total. The number of likely N-dealkylation sites (tertiary alicyclic amines) is 1. The molecule has 1 saturated heterocycles. The zero-order valence-electron chi connectivity index (χ0n) is 31.1. The maximum Gasteiger partial charge on any atom is 0.245 e. The van der Waals surface area contributed by atoms with Crippen LogP contribution in [0.4, 0.5) is 0 Å². The lowest BCUT2D eigenvalue weighted by Gasteiger charge is -2.41. The number of ether oxygens (including phenoxy) is 2. The number of hydrogen-bond donors (Lipinski definition) is 3. The molecular weight excluding hydrogens is 610 g/mol. The highest BCUT2D eigenvalue weighted by Crippen LogP contribution is 2.33. The standard InChI is InChI=1S/C37H63N5O6/c1-11-24(3)32(40-30(43)23-38-7)37(46)41(8)33(25(4)12-2)29(47-9)22-31(44)42-21-19-26(5)34(42)35(48-10)27(6)36(45)39-20-18-28-16-14-13-15-17-28/h13-17,24-27,29,32-35,38H,11-12,18-23H2,1-10H3,(H,39,45)(H,40,43)/t24-,25-,26+,27+,29+,32-,33-,34-,35+/m0/s1. The van der Waals surface area contributed by atoms with E-state index < -0.39 is 30.2 Å². The van der Waals surface area contributed by atoms with Crippen molar-refractivity contribution in [2.24, 2.45) is 23.7 Å². The fourth-order valence-electron chi connectivity index (χ4n) is 6.99. The Labute approximate surface area is 289 Å². The molecule has 272 valence electrons. The fraction of sp³-hybridized carbons (Fsp3) is 0.730. The van der Waals surface area contributed by atoms with E-state index in [1.54, 1.807) is 33.2 Å². The molecule has 1 aromatic rings. The first-order valence-electron chi connectivity index (χ1n) is 17.7. The van der Waals surface area contributed by atoms with E-state index in [1.807, 2.05) is 56.0 Å². The van der Waals surface area contributed by atoms with Crippen molar-refractivity contribution >= 4 is 23.6 Å². The van der Waals surface area contributed by atoms with Gasteiger partial charge >= 0.3 is 0 Å². The average Bonchev–Trinajstić information content (AvgIpc) is 3.47. The average molecular weight is 674 g/mol. The lowest BCUT2D eigenvalue weighted by atomic mass is 9.88. The summed E-state index contributed by atoms with van der Waals surface area (Å²) in [5.41, 5.74) is 1.15. The molecule has 0 aromatic heterocycles. The number of carbonyl (C=O) groups excluding carboxylic acids is 4. The molecule has 0 spiro atoms. The molecule has 1 aliphatic rings. The van der Waals surface area contributed by atoms with Gasteiger partial charge in [-0.25, -0.2) is 0 Å². The Morgan fingerprint density at radius 1 is 1.00 bits per heavy atom. The molecule has 0 unspecified atom stereocenters. The van der Waals surface area contributed by atoms with Gasteiger partial charge < -0.3 is 35.2 Å². The predicted molar refractivity (Wildman–Crippen MR) is 189 cm³/mol. The van der Waals surface area contributed by atoms with Gasteiger partial charge in [0.25, 0.3) is 0 Å². The summed E-state index contributed by atoms with van der Waals surface area (Å²) in [4.78, 5) is 57.5. The molecule has 4 amide bonds. The van der Waals surface area contributed by atoms with Crippen LogP contribution in [0.2, 0.25) is 0 Å². The van der Waals surface area contributed by atoms with Crippen molar-refractivity contribution in [1.82, 2.24) is 25.8 Å². The van der Waals surface area contributed by atoms with Gasteiger partial charge in [0.1, 0.15) is 6.04 Å². The Bertz CT molecular complexity index is 1150. The molecule has 1 heterocycles. The number of hydrogen-bond acceptors (Lipinski definition) is 7. The molecule has 3 N–H and O–H groups in total. The third kappa shape index (κ3) is 11.0. The van der Waals surface area contributed by atoms with Gasteiger partial charge in [0.05, 0.1) is 43.2 Å². The maximum absolute atomic E-state index is 14.1.